The van der Waals surface area contributed by atoms with Crippen LogP contribution in [0.3, 0.4) is 0 Å². The van der Waals surface area contributed by atoms with E-state index in [1.54, 1.807) is 31.1 Å². The van der Waals surface area contributed by atoms with E-state index < -0.39 is 0 Å². The number of ether oxygens (including phenoxy) is 1. The first kappa shape index (κ1) is 15.6. The van der Waals surface area contributed by atoms with Gasteiger partial charge in [-0.3, -0.25) is 0 Å². The molecule has 4 aromatic rings. The fraction of sp³-hybridized carbons (Fsp3) is 0.176. The Balaban J connectivity index is 1.70. The highest BCUT2D eigenvalue weighted by molar-refractivity contribution is 6.37. The molecule has 0 atom stereocenters. The van der Waals surface area contributed by atoms with E-state index >= 15 is 0 Å². The standard InChI is InChI=1S/C17H14ClN5O2/c1-10-21-17(25-22-10)14-7-19-16-13(15(14)18)8-20-23(16)9-11-3-5-12(24-2)6-4-11/h3-8H,9H2,1-2H3. The second-order valence-electron chi connectivity index (χ2n) is 5.52. The molecule has 0 fully saturated rings. The smallest absolute Gasteiger partial charge is 0.261 e. The molecule has 0 saturated carbocycles. The Morgan fingerprint density at radius 3 is 2.68 bits per heavy atom. The molecule has 8 heteroatoms. The number of fused-ring (bicyclic) bond motifs is 1. The Morgan fingerprint density at radius 1 is 1.20 bits per heavy atom. The minimum Gasteiger partial charge on any atom is -0.497 e. The molecule has 0 aliphatic heterocycles. The minimum absolute atomic E-state index is 0.347. The third kappa shape index (κ3) is 2.83. The van der Waals surface area contributed by atoms with Gasteiger partial charge in [-0.15, -0.1) is 0 Å². The van der Waals surface area contributed by atoms with Crippen LogP contribution in [-0.4, -0.2) is 32.0 Å². The minimum atomic E-state index is 0.347. The lowest BCUT2D eigenvalue weighted by Crippen LogP contribution is -2.02. The molecule has 0 bridgehead atoms. The Labute approximate surface area is 148 Å². The molecule has 0 aliphatic rings. The third-order valence-corrected chi connectivity index (χ3v) is 4.26. The zero-order valence-corrected chi connectivity index (χ0v) is 14.4. The normalized spacial score (nSPS) is 11.2. The largest absolute Gasteiger partial charge is 0.497 e. The number of aryl methyl sites for hydroxylation is 1. The summed E-state index contributed by atoms with van der Waals surface area (Å²) in [5.41, 5.74) is 2.37. The second-order valence-corrected chi connectivity index (χ2v) is 5.90. The van der Waals surface area contributed by atoms with Gasteiger partial charge in [0.1, 0.15) is 5.75 Å². The lowest BCUT2D eigenvalue weighted by molar-refractivity contribution is 0.414. The second kappa shape index (κ2) is 6.18. The van der Waals surface area contributed by atoms with Crippen LogP contribution in [0.5, 0.6) is 5.75 Å². The van der Waals surface area contributed by atoms with Gasteiger partial charge in [-0.05, 0) is 24.6 Å². The number of hydrogen-bond acceptors (Lipinski definition) is 6. The number of halogens is 1. The van der Waals surface area contributed by atoms with Crippen molar-refractivity contribution in [1.29, 1.82) is 0 Å². The van der Waals surface area contributed by atoms with E-state index in [0.29, 0.717) is 34.5 Å². The Morgan fingerprint density at radius 2 is 2.00 bits per heavy atom. The third-order valence-electron chi connectivity index (χ3n) is 3.85. The van der Waals surface area contributed by atoms with Gasteiger partial charge in [0, 0.05) is 6.20 Å². The summed E-state index contributed by atoms with van der Waals surface area (Å²) >= 11 is 6.50. The topological polar surface area (TPSA) is 78.9 Å². The summed E-state index contributed by atoms with van der Waals surface area (Å²) < 4.78 is 12.2. The van der Waals surface area contributed by atoms with Gasteiger partial charge in [-0.25, -0.2) is 9.67 Å². The summed E-state index contributed by atoms with van der Waals surface area (Å²) in [6.07, 6.45) is 3.32. The highest BCUT2D eigenvalue weighted by Crippen LogP contribution is 2.32. The molecule has 0 saturated heterocycles. The van der Waals surface area contributed by atoms with Crippen molar-refractivity contribution < 1.29 is 9.26 Å². The van der Waals surface area contributed by atoms with Crippen LogP contribution >= 0.6 is 11.6 Å². The fourth-order valence-electron chi connectivity index (χ4n) is 2.57. The quantitative estimate of drug-likeness (QED) is 0.557. The molecule has 1 aromatic carbocycles. The zero-order chi connectivity index (χ0) is 17.4. The summed E-state index contributed by atoms with van der Waals surface area (Å²) in [6.45, 7) is 2.33. The Bertz CT molecular complexity index is 1040. The van der Waals surface area contributed by atoms with Gasteiger partial charge in [0.2, 0.25) is 0 Å². The highest BCUT2D eigenvalue weighted by atomic mass is 35.5. The average molecular weight is 356 g/mol. The van der Waals surface area contributed by atoms with E-state index in [-0.39, 0.29) is 0 Å². The molecule has 25 heavy (non-hydrogen) atoms. The summed E-state index contributed by atoms with van der Waals surface area (Å²) in [5, 5.41) is 9.43. The molecule has 7 nitrogen and oxygen atoms in total. The number of nitrogens with zero attached hydrogens (tertiary/aromatic N) is 5. The van der Waals surface area contributed by atoms with E-state index in [0.717, 1.165) is 16.7 Å². The summed E-state index contributed by atoms with van der Waals surface area (Å²) in [7, 11) is 1.64. The van der Waals surface area contributed by atoms with E-state index in [1.165, 1.54) is 0 Å². The monoisotopic (exact) mass is 355 g/mol. The van der Waals surface area contributed by atoms with Crippen molar-refractivity contribution in [3.05, 3.63) is 53.1 Å². The lowest BCUT2D eigenvalue weighted by atomic mass is 10.2. The number of hydrogen-bond donors (Lipinski definition) is 0. The SMILES string of the molecule is COc1ccc(Cn2ncc3c(Cl)c(-c4nc(C)no4)cnc32)cc1. The van der Waals surface area contributed by atoms with Crippen LogP contribution < -0.4 is 4.74 Å². The van der Waals surface area contributed by atoms with Crippen LogP contribution in [0.15, 0.2) is 41.2 Å². The molecule has 0 spiro atoms. The van der Waals surface area contributed by atoms with E-state index in [4.69, 9.17) is 20.9 Å². The van der Waals surface area contributed by atoms with Crippen LogP contribution in [0, 0.1) is 6.92 Å². The molecule has 0 aliphatic carbocycles. The van der Waals surface area contributed by atoms with Gasteiger partial charge in [-0.1, -0.05) is 28.9 Å². The van der Waals surface area contributed by atoms with Crippen molar-refractivity contribution in [2.24, 2.45) is 0 Å². The van der Waals surface area contributed by atoms with Gasteiger partial charge < -0.3 is 9.26 Å². The lowest BCUT2D eigenvalue weighted by Gasteiger charge is -2.06. The Kier molecular flexibility index (Phi) is 3.85. The fourth-order valence-corrected chi connectivity index (χ4v) is 2.84. The molecule has 0 amide bonds. The summed E-state index contributed by atoms with van der Waals surface area (Å²) in [4.78, 5) is 8.68. The van der Waals surface area contributed by atoms with Gasteiger partial charge in [0.15, 0.2) is 11.5 Å². The number of rotatable bonds is 4. The van der Waals surface area contributed by atoms with Crippen LogP contribution in [0.25, 0.3) is 22.5 Å². The number of aromatic nitrogens is 5. The number of methoxy groups -OCH3 is 1. The summed E-state index contributed by atoms with van der Waals surface area (Å²) in [5.74, 6) is 1.70. The van der Waals surface area contributed by atoms with Crippen LogP contribution in [-0.2, 0) is 6.54 Å². The molecule has 126 valence electrons. The van der Waals surface area contributed by atoms with Crippen molar-refractivity contribution >= 4 is 22.6 Å². The molecule has 3 heterocycles. The van der Waals surface area contributed by atoms with Gasteiger partial charge >= 0.3 is 0 Å². The van der Waals surface area contributed by atoms with E-state index in [1.807, 2.05) is 24.3 Å². The predicted molar refractivity (Wildman–Crippen MR) is 92.7 cm³/mol. The van der Waals surface area contributed by atoms with E-state index in [9.17, 15) is 0 Å². The molecular weight excluding hydrogens is 342 g/mol. The molecule has 0 radical (unpaired) electrons. The van der Waals surface area contributed by atoms with Crippen molar-refractivity contribution in [2.45, 2.75) is 13.5 Å². The van der Waals surface area contributed by atoms with Crippen LogP contribution in [0.4, 0.5) is 0 Å². The van der Waals surface area contributed by atoms with Crippen molar-refractivity contribution in [1.82, 2.24) is 24.9 Å². The molecule has 4 rings (SSSR count). The Hall–Kier alpha value is -2.93. The molecule has 3 aromatic heterocycles. The maximum Gasteiger partial charge on any atom is 0.261 e. The maximum absolute atomic E-state index is 6.50. The van der Waals surface area contributed by atoms with Gasteiger partial charge in [-0.2, -0.15) is 10.1 Å². The first-order valence-electron chi connectivity index (χ1n) is 7.59. The molecular formula is C17H14ClN5O2. The first-order chi connectivity index (χ1) is 12.2. The molecule has 0 N–H and O–H groups in total. The maximum atomic E-state index is 6.50. The zero-order valence-electron chi connectivity index (χ0n) is 13.6. The number of benzene rings is 1. The van der Waals surface area contributed by atoms with Crippen molar-refractivity contribution in [2.75, 3.05) is 7.11 Å². The molecule has 0 unspecified atom stereocenters. The number of pyridine rings is 1. The van der Waals surface area contributed by atoms with Crippen LogP contribution in [0.1, 0.15) is 11.4 Å². The van der Waals surface area contributed by atoms with Crippen LogP contribution in [0.2, 0.25) is 5.02 Å². The summed E-state index contributed by atoms with van der Waals surface area (Å²) in [6, 6.07) is 7.81. The average Bonchev–Trinajstić information content (AvgIpc) is 3.23. The van der Waals surface area contributed by atoms with Gasteiger partial charge in [0.05, 0.1) is 35.8 Å². The predicted octanol–water partition coefficient (Wildman–Crippen LogP) is 3.50. The first-order valence-corrected chi connectivity index (χ1v) is 7.97. The van der Waals surface area contributed by atoms with Crippen molar-refractivity contribution in [3.8, 4) is 17.2 Å². The highest BCUT2D eigenvalue weighted by Gasteiger charge is 2.17. The van der Waals surface area contributed by atoms with E-state index in [2.05, 4.69) is 20.2 Å². The van der Waals surface area contributed by atoms with Gasteiger partial charge in [0.25, 0.3) is 5.89 Å². The van der Waals surface area contributed by atoms with Crippen molar-refractivity contribution in [3.63, 3.8) is 0 Å².